The van der Waals surface area contributed by atoms with Crippen molar-refractivity contribution >= 4 is 5.78 Å². The Hall–Kier alpha value is -1.80. The Morgan fingerprint density at radius 2 is 2.19 bits per heavy atom. The molecule has 0 amide bonds. The van der Waals surface area contributed by atoms with Crippen LogP contribution in [0.3, 0.4) is 0 Å². The van der Waals surface area contributed by atoms with Gasteiger partial charge in [0.05, 0.1) is 0 Å². The fourth-order valence-corrected chi connectivity index (χ4v) is 2.09. The molecule has 0 N–H and O–H groups in total. The smallest absolute Gasteiger partial charge is 0.163 e. The van der Waals surface area contributed by atoms with Crippen LogP contribution in [0.1, 0.15) is 34.3 Å². The first-order valence-corrected chi connectivity index (χ1v) is 5.47. The molecule has 0 aliphatic heterocycles. The van der Waals surface area contributed by atoms with Crippen molar-refractivity contribution in [3.05, 3.63) is 45.3 Å². The van der Waals surface area contributed by atoms with E-state index in [1.165, 1.54) is 17.5 Å². The summed E-state index contributed by atoms with van der Waals surface area (Å²) in [5.41, 5.74) is 11.5. The topological polar surface area (TPSA) is 65.8 Å². The lowest BCUT2D eigenvalue weighted by molar-refractivity contribution is 0.0985. The summed E-state index contributed by atoms with van der Waals surface area (Å²) in [4.78, 5) is 14.4. The lowest BCUT2D eigenvalue weighted by atomic mass is 10.0. The van der Waals surface area contributed by atoms with Gasteiger partial charge in [0.1, 0.15) is 0 Å². The molecule has 0 saturated heterocycles. The molecule has 4 heteroatoms. The normalized spacial score (nSPS) is 13.0. The van der Waals surface area contributed by atoms with E-state index in [9.17, 15) is 4.79 Å². The van der Waals surface area contributed by atoms with Crippen molar-refractivity contribution in [2.75, 3.05) is 6.54 Å². The minimum atomic E-state index is 0.0575. The molecule has 1 aliphatic rings. The first kappa shape index (κ1) is 10.7. The summed E-state index contributed by atoms with van der Waals surface area (Å²) in [5.74, 6) is 0.0575. The Bertz CT molecular complexity index is 461. The molecular formula is C12H13N3O. The summed E-state index contributed by atoms with van der Waals surface area (Å²) in [5, 5.41) is 3.37. The second-order valence-corrected chi connectivity index (χ2v) is 3.96. The molecule has 0 bridgehead atoms. The molecule has 4 nitrogen and oxygen atoms in total. The van der Waals surface area contributed by atoms with Crippen molar-refractivity contribution in [2.45, 2.75) is 25.7 Å². The van der Waals surface area contributed by atoms with Gasteiger partial charge in [-0.1, -0.05) is 17.2 Å². The van der Waals surface area contributed by atoms with Crippen LogP contribution in [0.5, 0.6) is 0 Å². The van der Waals surface area contributed by atoms with E-state index >= 15 is 0 Å². The van der Waals surface area contributed by atoms with E-state index in [2.05, 4.69) is 10.0 Å². The number of benzene rings is 1. The number of Topliss-reactive ketones (excluding diaryl/α,β-unsaturated/α-hetero) is 1. The van der Waals surface area contributed by atoms with Gasteiger partial charge in [-0.2, -0.15) is 0 Å². The molecule has 0 aromatic heterocycles. The lowest BCUT2D eigenvalue weighted by Gasteiger charge is -2.03. The van der Waals surface area contributed by atoms with Crippen LogP contribution in [-0.4, -0.2) is 12.3 Å². The number of hydrogen-bond acceptors (Lipinski definition) is 2. The highest BCUT2D eigenvalue weighted by Gasteiger charge is 2.13. The van der Waals surface area contributed by atoms with Gasteiger partial charge in [0.25, 0.3) is 0 Å². The first-order valence-electron chi connectivity index (χ1n) is 5.47. The van der Waals surface area contributed by atoms with E-state index in [1.54, 1.807) is 0 Å². The second kappa shape index (κ2) is 4.81. The van der Waals surface area contributed by atoms with Crippen LogP contribution in [0.2, 0.25) is 0 Å². The summed E-state index contributed by atoms with van der Waals surface area (Å²) < 4.78 is 0. The maximum absolute atomic E-state index is 11.7. The minimum Gasteiger partial charge on any atom is -0.294 e. The summed E-state index contributed by atoms with van der Waals surface area (Å²) in [6.45, 7) is 0.242. The lowest BCUT2D eigenvalue weighted by Crippen LogP contribution is -2.01. The van der Waals surface area contributed by atoms with Gasteiger partial charge in [-0.05, 0) is 42.0 Å². The van der Waals surface area contributed by atoms with Crippen LogP contribution in [0.4, 0.5) is 0 Å². The number of hydrogen-bond donors (Lipinski definition) is 0. The highest BCUT2D eigenvalue weighted by Crippen LogP contribution is 2.23. The SMILES string of the molecule is [N-]=[N+]=NCCC(=O)c1ccc2c(c1)CCC2. The van der Waals surface area contributed by atoms with Gasteiger partial charge in [-0.15, -0.1) is 0 Å². The van der Waals surface area contributed by atoms with Crippen molar-refractivity contribution < 1.29 is 4.79 Å². The number of fused-ring (bicyclic) bond motifs is 1. The predicted octanol–water partition coefficient (Wildman–Crippen LogP) is 3.06. The third-order valence-electron chi connectivity index (χ3n) is 2.92. The van der Waals surface area contributed by atoms with Crippen LogP contribution in [0.25, 0.3) is 10.4 Å². The highest BCUT2D eigenvalue weighted by atomic mass is 16.1. The number of aryl methyl sites for hydroxylation is 2. The molecule has 82 valence electrons. The molecule has 0 saturated carbocycles. The summed E-state index contributed by atoms with van der Waals surface area (Å²) in [7, 11) is 0. The van der Waals surface area contributed by atoms with Gasteiger partial charge in [0.15, 0.2) is 5.78 Å². The molecular weight excluding hydrogens is 202 g/mol. The third-order valence-corrected chi connectivity index (χ3v) is 2.92. The van der Waals surface area contributed by atoms with Gasteiger partial charge in [-0.25, -0.2) is 0 Å². The molecule has 0 unspecified atom stereocenters. The third kappa shape index (κ3) is 2.23. The number of carbonyl (C=O) groups is 1. The summed E-state index contributed by atoms with van der Waals surface area (Å²) >= 11 is 0. The zero-order chi connectivity index (χ0) is 11.4. The molecule has 0 spiro atoms. The second-order valence-electron chi connectivity index (χ2n) is 3.96. The average Bonchev–Trinajstić information content (AvgIpc) is 2.76. The van der Waals surface area contributed by atoms with Crippen molar-refractivity contribution in [1.82, 2.24) is 0 Å². The van der Waals surface area contributed by atoms with Crippen molar-refractivity contribution in [2.24, 2.45) is 5.11 Å². The molecule has 0 radical (unpaired) electrons. The minimum absolute atomic E-state index is 0.0575. The molecule has 1 aromatic rings. The summed E-state index contributed by atoms with van der Waals surface area (Å²) in [6, 6.07) is 5.91. The van der Waals surface area contributed by atoms with Gasteiger partial charge in [0, 0.05) is 23.4 Å². The Morgan fingerprint density at radius 3 is 3.00 bits per heavy atom. The van der Waals surface area contributed by atoms with Gasteiger partial charge < -0.3 is 0 Å². The Balaban J connectivity index is 2.09. The van der Waals surface area contributed by atoms with E-state index in [1.807, 2.05) is 18.2 Å². The van der Waals surface area contributed by atoms with E-state index in [0.717, 1.165) is 18.4 Å². The number of nitrogens with zero attached hydrogens (tertiary/aromatic N) is 3. The van der Waals surface area contributed by atoms with Crippen molar-refractivity contribution in [3.63, 3.8) is 0 Å². The molecule has 1 aliphatic carbocycles. The van der Waals surface area contributed by atoms with Crippen LogP contribution >= 0.6 is 0 Å². The molecule has 0 atom stereocenters. The standard InChI is InChI=1S/C12H13N3O/c13-15-14-7-6-12(16)11-5-4-9-2-1-3-10(9)8-11/h4-5,8H,1-3,6-7H2. The van der Waals surface area contributed by atoms with E-state index in [-0.39, 0.29) is 12.3 Å². The van der Waals surface area contributed by atoms with Crippen molar-refractivity contribution in [3.8, 4) is 0 Å². The van der Waals surface area contributed by atoms with E-state index < -0.39 is 0 Å². The maximum atomic E-state index is 11.7. The Labute approximate surface area is 93.9 Å². The molecule has 1 aromatic carbocycles. The van der Waals surface area contributed by atoms with Crippen LogP contribution < -0.4 is 0 Å². The molecule has 0 fully saturated rings. The fraction of sp³-hybridized carbons (Fsp3) is 0.417. The monoisotopic (exact) mass is 215 g/mol. The van der Waals surface area contributed by atoms with Crippen molar-refractivity contribution in [1.29, 1.82) is 0 Å². The number of azide groups is 1. The maximum Gasteiger partial charge on any atom is 0.163 e. The van der Waals surface area contributed by atoms with Crippen LogP contribution in [0, 0.1) is 0 Å². The Morgan fingerprint density at radius 1 is 1.38 bits per heavy atom. The van der Waals surface area contributed by atoms with Crippen LogP contribution in [-0.2, 0) is 12.8 Å². The predicted molar refractivity (Wildman–Crippen MR) is 61.4 cm³/mol. The number of ketones is 1. The van der Waals surface area contributed by atoms with Gasteiger partial charge >= 0.3 is 0 Å². The van der Waals surface area contributed by atoms with Crippen LogP contribution in [0.15, 0.2) is 23.3 Å². The highest BCUT2D eigenvalue weighted by molar-refractivity contribution is 5.96. The molecule has 0 heterocycles. The first-order chi connectivity index (χ1) is 7.81. The zero-order valence-corrected chi connectivity index (χ0v) is 9.02. The number of rotatable bonds is 4. The average molecular weight is 215 g/mol. The quantitative estimate of drug-likeness (QED) is 0.329. The Kier molecular flexibility index (Phi) is 3.22. The van der Waals surface area contributed by atoms with Gasteiger partial charge in [-0.3, -0.25) is 4.79 Å². The van der Waals surface area contributed by atoms with E-state index in [0.29, 0.717) is 6.42 Å². The zero-order valence-electron chi connectivity index (χ0n) is 9.02. The molecule has 2 rings (SSSR count). The van der Waals surface area contributed by atoms with E-state index in [4.69, 9.17) is 5.53 Å². The van der Waals surface area contributed by atoms with Gasteiger partial charge in [0.2, 0.25) is 0 Å². The molecule has 16 heavy (non-hydrogen) atoms. The number of carbonyl (C=O) groups excluding carboxylic acids is 1. The summed E-state index contributed by atoms with van der Waals surface area (Å²) in [6.07, 6.45) is 3.68. The largest absolute Gasteiger partial charge is 0.294 e. The fourth-order valence-electron chi connectivity index (χ4n) is 2.09.